The number of halogens is 1. The van der Waals surface area contributed by atoms with Crippen LogP contribution in [0.5, 0.6) is 6.01 Å². The molecular weight excluding hydrogens is 266 g/mol. The molecule has 0 saturated heterocycles. The monoisotopic (exact) mass is 279 g/mol. The van der Waals surface area contributed by atoms with Crippen molar-refractivity contribution in [2.45, 2.75) is 0 Å². The standard InChI is InChI=1S/C12H14ClN5O/c1-18(2)9-6-4-8(5-7-9)14-11-15-10(13)16-12(17-11)19-3/h4-7H,1-3H3,(H,14,15,16,17). The number of nitrogens with one attached hydrogen (secondary N) is 1. The zero-order valence-electron chi connectivity index (χ0n) is 10.9. The van der Waals surface area contributed by atoms with Crippen LogP contribution in [0.4, 0.5) is 17.3 Å². The Labute approximate surface area is 116 Å². The first-order valence-electron chi connectivity index (χ1n) is 5.58. The normalized spacial score (nSPS) is 10.1. The third kappa shape index (κ3) is 3.45. The zero-order valence-corrected chi connectivity index (χ0v) is 11.6. The molecule has 0 bridgehead atoms. The van der Waals surface area contributed by atoms with Gasteiger partial charge in [-0.2, -0.15) is 15.0 Å². The highest BCUT2D eigenvalue weighted by atomic mass is 35.5. The van der Waals surface area contributed by atoms with Crippen LogP contribution in [0.25, 0.3) is 0 Å². The third-order valence-electron chi connectivity index (χ3n) is 2.41. The molecule has 2 aromatic rings. The smallest absolute Gasteiger partial charge is 0.322 e. The Hall–Kier alpha value is -2.08. The molecule has 1 N–H and O–H groups in total. The van der Waals surface area contributed by atoms with Crippen LogP contribution in [-0.2, 0) is 0 Å². The summed E-state index contributed by atoms with van der Waals surface area (Å²) in [6, 6.07) is 8.01. The number of anilines is 3. The van der Waals surface area contributed by atoms with Gasteiger partial charge in [0, 0.05) is 25.5 Å². The SMILES string of the molecule is COc1nc(Cl)nc(Nc2ccc(N(C)C)cc2)n1. The van der Waals surface area contributed by atoms with Crippen molar-refractivity contribution in [3.63, 3.8) is 0 Å². The Bertz CT molecular complexity index is 559. The summed E-state index contributed by atoms with van der Waals surface area (Å²) in [6.07, 6.45) is 0. The molecule has 0 unspecified atom stereocenters. The molecule has 1 aromatic heterocycles. The van der Waals surface area contributed by atoms with E-state index in [1.54, 1.807) is 0 Å². The third-order valence-corrected chi connectivity index (χ3v) is 2.58. The Morgan fingerprint density at radius 2 is 1.79 bits per heavy atom. The number of benzene rings is 1. The van der Waals surface area contributed by atoms with Gasteiger partial charge in [0.2, 0.25) is 11.2 Å². The number of hydrogen-bond donors (Lipinski definition) is 1. The van der Waals surface area contributed by atoms with Gasteiger partial charge in [-0.15, -0.1) is 0 Å². The summed E-state index contributed by atoms with van der Waals surface area (Å²) in [5, 5.41) is 3.12. The fourth-order valence-corrected chi connectivity index (χ4v) is 1.60. The molecule has 0 aliphatic rings. The highest BCUT2D eigenvalue weighted by Crippen LogP contribution is 2.19. The van der Waals surface area contributed by atoms with Crippen molar-refractivity contribution in [1.29, 1.82) is 0 Å². The maximum atomic E-state index is 5.77. The topological polar surface area (TPSA) is 63.2 Å². The summed E-state index contributed by atoms with van der Waals surface area (Å²) in [7, 11) is 5.44. The fraction of sp³-hybridized carbons (Fsp3) is 0.250. The predicted octanol–water partition coefficient (Wildman–Crippen LogP) is 2.34. The molecule has 0 atom stereocenters. The minimum Gasteiger partial charge on any atom is -0.467 e. The summed E-state index contributed by atoms with van der Waals surface area (Å²) >= 11 is 5.77. The molecule has 2 rings (SSSR count). The molecule has 6 nitrogen and oxygen atoms in total. The van der Waals surface area contributed by atoms with Crippen LogP contribution in [0.2, 0.25) is 5.28 Å². The number of methoxy groups -OCH3 is 1. The van der Waals surface area contributed by atoms with Gasteiger partial charge in [-0.3, -0.25) is 0 Å². The molecule has 0 aliphatic carbocycles. The molecule has 100 valence electrons. The number of nitrogens with zero attached hydrogens (tertiary/aromatic N) is 4. The first kappa shape index (κ1) is 13.4. The van der Waals surface area contributed by atoms with E-state index in [0.29, 0.717) is 5.95 Å². The van der Waals surface area contributed by atoms with E-state index in [1.165, 1.54) is 7.11 Å². The predicted molar refractivity (Wildman–Crippen MR) is 75.4 cm³/mol. The lowest BCUT2D eigenvalue weighted by atomic mass is 10.2. The van der Waals surface area contributed by atoms with Crippen molar-refractivity contribution in [2.75, 3.05) is 31.4 Å². The maximum Gasteiger partial charge on any atom is 0.322 e. The second kappa shape index (κ2) is 5.71. The van der Waals surface area contributed by atoms with E-state index >= 15 is 0 Å². The molecule has 0 saturated carbocycles. The molecule has 7 heteroatoms. The van der Waals surface area contributed by atoms with E-state index in [1.807, 2.05) is 43.3 Å². The second-order valence-electron chi connectivity index (χ2n) is 3.98. The van der Waals surface area contributed by atoms with E-state index < -0.39 is 0 Å². The molecule has 1 aromatic carbocycles. The lowest BCUT2D eigenvalue weighted by Gasteiger charge is -2.13. The molecule has 1 heterocycles. The average molecular weight is 280 g/mol. The first-order chi connectivity index (χ1) is 9.08. The van der Waals surface area contributed by atoms with Gasteiger partial charge in [-0.05, 0) is 35.9 Å². The van der Waals surface area contributed by atoms with Crippen molar-refractivity contribution in [1.82, 2.24) is 15.0 Å². The zero-order chi connectivity index (χ0) is 13.8. The summed E-state index contributed by atoms with van der Waals surface area (Å²) in [6.45, 7) is 0. The van der Waals surface area contributed by atoms with Crippen LogP contribution in [-0.4, -0.2) is 36.2 Å². The van der Waals surface area contributed by atoms with E-state index in [9.17, 15) is 0 Å². The summed E-state index contributed by atoms with van der Waals surface area (Å²) in [4.78, 5) is 13.9. The van der Waals surface area contributed by atoms with Gasteiger partial charge in [0.1, 0.15) is 0 Å². The van der Waals surface area contributed by atoms with Crippen molar-refractivity contribution in [2.24, 2.45) is 0 Å². The largest absolute Gasteiger partial charge is 0.467 e. The molecule has 0 amide bonds. The lowest BCUT2D eigenvalue weighted by molar-refractivity contribution is 0.379. The molecule has 0 aliphatic heterocycles. The van der Waals surface area contributed by atoms with Crippen LogP contribution in [0, 0.1) is 0 Å². The van der Waals surface area contributed by atoms with E-state index in [0.717, 1.165) is 11.4 Å². The second-order valence-corrected chi connectivity index (χ2v) is 4.32. The highest BCUT2D eigenvalue weighted by Gasteiger charge is 2.05. The van der Waals surface area contributed by atoms with Gasteiger partial charge in [0.05, 0.1) is 7.11 Å². The Morgan fingerprint density at radius 3 is 2.37 bits per heavy atom. The van der Waals surface area contributed by atoms with E-state index in [2.05, 4.69) is 20.3 Å². The van der Waals surface area contributed by atoms with Crippen molar-refractivity contribution >= 4 is 28.9 Å². The number of ether oxygens (including phenoxy) is 1. The van der Waals surface area contributed by atoms with Crippen LogP contribution in [0.15, 0.2) is 24.3 Å². The van der Waals surface area contributed by atoms with E-state index in [4.69, 9.17) is 16.3 Å². The van der Waals surface area contributed by atoms with Crippen molar-refractivity contribution in [3.8, 4) is 6.01 Å². The number of aromatic nitrogens is 3. The van der Waals surface area contributed by atoms with Crippen LogP contribution < -0.4 is 15.0 Å². The molecule has 19 heavy (non-hydrogen) atoms. The first-order valence-corrected chi connectivity index (χ1v) is 5.96. The number of rotatable bonds is 4. The lowest BCUT2D eigenvalue weighted by Crippen LogP contribution is -2.08. The maximum absolute atomic E-state index is 5.77. The Balaban J connectivity index is 2.18. The molecular formula is C12H14ClN5O. The Morgan fingerprint density at radius 1 is 1.11 bits per heavy atom. The van der Waals surface area contributed by atoms with E-state index in [-0.39, 0.29) is 11.3 Å². The van der Waals surface area contributed by atoms with Gasteiger partial charge in [-0.1, -0.05) is 0 Å². The summed E-state index contributed by atoms with van der Waals surface area (Å²) < 4.78 is 4.93. The highest BCUT2D eigenvalue weighted by molar-refractivity contribution is 6.28. The van der Waals surface area contributed by atoms with Crippen molar-refractivity contribution < 1.29 is 4.74 Å². The number of hydrogen-bond acceptors (Lipinski definition) is 6. The average Bonchev–Trinajstić information content (AvgIpc) is 2.38. The van der Waals surface area contributed by atoms with Gasteiger partial charge >= 0.3 is 6.01 Å². The molecule has 0 fully saturated rings. The molecule has 0 spiro atoms. The van der Waals surface area contributed by atoms with Gasteiger partial charge in [0.15, 0.2) is 0 Å². The van der Waals surface area contributed by atoms with Crippen LogP contribution >= 0.6 is 11.6 Å². The minimum atomic E-state index is 0.0826. The quantitative estimate of drug-likeness (QED) is 0.927. The Kier molecular flexibility index (Phi) is 4.01. The van der Waals surface area contributed by atoms with Gasteiger partial charge < -0.3 is 15.0 Å². The minimum absolute atomic E-state index is 0.0826. The van der Waals surface area contributed by atoms with Crippen molar-refractivity contribution in [3.05, 3.63) is 29.5 Å². The van der Waals surface area contributed by atoms with Gasteiger partial charge in [-0.25, -0.2) is 0 Å². The van der Waals surface area contributed by atoms with Gasteiger partial charge in [0.25, 0.3) is 0 Å². The van der Waals surface area contributed by atoms with Crippen LogP contribution in [0.3, 0.4) is 0 Å². The fourth-order valence-electron chi connectivity index (χ4n) is 1.45. The molecule has 0 radical (unpaired) electrons. The van der Waals surface area contributed by atoms with Crippen LogP contribution in [0.1, 0.15) is 0 Å². The summed E-state index contributed by atoms with van der Waals surface area (Å²) in [5.41, 5.74) is 1.96. The summed E-state index contributed by atoms with van der Waals surface area (Å²) in [5.74, 6) is 0.342.